The van der Waals surface area contributed by atoms with E-state index in [9.17, 15) is 8.42 Å². The number of anilines is 1. The molecule has 0 atom stereocenters. The lowest BCUT2D eigenvalue weighted by Gasteiger charge is -2.17. The molecule has 1 heterocycles. The molecular formula is C15H13ClN2O2S. The van der Waals surface area contributed by atoms with E-state index in [1.807, 2.05) is 24.3 Å². The Hall–Kier alpha value is -1.85. The maximum Gasteiger partial charge on any atom is 0.258 e. The fraction of sp³-hybridized carbons (Fsp3) is 0.133. The van der Waals surface area contributed by atoms with Crippen LogP contribution in [0.3, 0.4) is 0 Å². The highest BCUT2D eigenvalue weighted by Crippen LogP contribution is 2.29. The lowest BCUT2D eigenvalue weighted by Crippen LogP contribution is -2.17. The van der Waals surface area contributed by atoms with Crippen molar-refractivity contribution in [2.24, 2.45) is 0 Å². The monoisotopic (exact) mass is 320 g/mol. The van der Waals surface area contributed by atoms with Gasteiger partial charge in [0.2, 0.25) is 0 Å². The molecule has 3 rings (SSSR count). The Morgan fingerprint density at radius 3 is 2.71 bits per heavy atom. The van der Waals surface area contributed by atoms with Crippen molar-refractivity contribution in [2.75, 3.05) is 4.72 Å². The van der Waals surface area contributed by atoms with Gasteiger partial charge in [-0.05, 0) is 42.2 Å². The first kappa shape index (κ1) is 14.1. The molecular weight excluding hydrogens is 308 g/mol. The van der Waals surface area contributed by atoms with Crippen molar-refractivity contribution in [2.45, 2.75) is 12.8 Å². The Balaban J connectivity index is 1.94. The van der Waals surface area contributed by atoms with E-state index in [0.717, 1.165) is 11.1 Å². The summed E-state index contributed by atoms with van der Waals surface area (Å²) in [5, 5.41) is 0.137. The van der Waals surface area contributed by atoms with Crippen molar-refractivity contribution in [3.8, 4) is 0 Å². The molecule has 0 amide bonds. The summed E-state index contributed by atoms with van der Waals surface area (Å²) in [6.07, 6.45) is 4.41. The van der Waals surface area contributed by atoms with Gasteiger partial charge in [0.1, 0.15) is 0 Å². The molecule has 1 N–H and O–H groups in total. The number of allylic oxidation sites excluding steroid dienone is 1. The van der Waals surface area contributed by atoms with Crippen LogP contribution in [0.4, 0.5) is 5.69 Å². The number of sulfonamides is 1. The quantitative estimate of drug-likeness (QED) is 0.881. The van der Waals surface area contributed by atoms with Crippen molar-refractivity contribution in [1.29, 1.82) is 0 Å². The third-order valence-electron chi connectivity index (χ3n) is 3.36. The standard InChI is InChI=1S/C15H13ClN2O2S/c16-15-14(6-3-9-17-15)18-21(19,20)13-8-7-11-4-1-2-5-12(11)10-13/h1-6,9-10,18H,7-8H2. The lowest BCUT2D eigenvalue weighted by atomic mass is 9.98. The number of nitrogens with one attached hydrogen (secondary N) is 1. The molecule has 1 aliphatic rings. The molecule has 0 saturated heterocycles. The summed E-state index contributed by atoms with van der Waals surface area (Å²) in [5.74, 6) is 0. The summed E-state index contributed by atoms with van der Waals surface area (Å²) in [7, 11) is -3.61. The molecule has 0 radical (unpaired) electrons. The van der Waals surface area contributed by atoms with E-state index in [0.29, 0.717) is 23.4 Å². The lowest BCUT2D eigenvalue weighted by molar-refractivity contribution is 0.605. The second kappa shape index (κ2) is 5.50. The maximum absolute atomic E-state index is 12.5. The molecule has 0 spiro atoms. The SMILES string of the molecule is O=S(=O)(Nc1cccnc1Cl)C1=Cc2ccccc2CC1. The van der Waals surface area contributed by atoms with E-state index < -0.39 is 10.0 Å². The number of aromatic nitrogens is 1. The summed E-state index contributed by atoms with van der Waals surface area (Å²) in [6, 6.07) is 11.0. The van der Waals surface area contributed by atoms with E-state index in [2.05, 4.69) is 9.71 Å². The Kier molecular flexibility index (Phi) is 3.69. The number of aryl methyl sites for hydroxylation is 1. The first-order chi connectivity index (χ1) is 10.1. The fourth-order valence-corrected chi connectivity index (χ4v) is 3.75. The average Bonchev–Trinajstić information content (AvgIpc) is 2.49. The Morgan fingerprint density at radius 1 is 1.10 bits per heavy atom. The highest BCUT2D eigenvalue weighted by Gasteiger charge is 2.22. The number of nitrogens with zero attached hydrogens (tertiary/aromatic N) is 1. The maximum atomic E-state index is 12.5. The van der Waals surface area contributed by atoms with Crippen LogP contribution in [-0.2, 0) is 16.4 Å². The third kappa shape index (κ3) is 2.94. The van der Waals surface area contributed by atoms with E-state index in [4.69, 9.17) is 11.6 Å². The number of benzene rings is 1. The Bertz CT molecular complexity index is 816. The van der Waals surface area contributed by atoms with Crippen molar-refractivity contribution in [3.63, 3.8) is 0 Å². The average molecular weight is 321 g/mol. The predicted molar refractivity (Wildman–Crippen MR) is 84.5 cm³/mol. The van der Waals surface area contributed by atoms with Gasteiger partial charge in [0.15, 0.2) is 5.15 Å². The van der Waals surface area contributed by atoms with Gasteiger partial charge in [-0.2, -0.15) is 0 Å². The van der Waals surface area contributed by atoms with Crippen LogP contribution >= 0.6 is 11.6 Å². The molecule has 0 saturated carbocycles. The van der Waals surface area contributed by atoms with Gasteiger partial charge in [-0.3, -0.25) is 4.72 Å². The van der Waals surface area contributed by atoms with Crippen LogP contribution in [0.2, 0.25) is 5.15 Å². The van der Waals surface area contributed by atoms with Crippen LogP contribution in [0.25, 0.3) is 6.08 Å². The van der Waals surface area contributed by atoms with Crippen LogP contribution in [0.1, 0.15) is 17.5 Å². The molecule has 4 nitrogen and oxygen atoms in total. The molecule has 21 heavy (non-hydrogen) atoms. The van der Waals surface area contributed by atoms with Crippen LogP contribution in [0, 0.1) is 0 Å². The van der Waals surface area contributed by atoms with Gasteiger partial charge in [-0.1, -0.05) is 35.9 Å². The molecule has 6 heteroatoms. The molecule has 0 fully saturated rings. The summed E-state index contributed by atoms with van der Waals surface area (Å²) in [4.78, 5) is 4.23. The van der Waals surface area contributed by atoms with Gasteiger partial charge in [-0.15, -0.1) is 0 Å². The van der Waals surface area contributed by atoms with Crippen LogP contribution in [-0.4, -0.2) is 13.4 Å². The van der Waals surface area contributed by atoms with Gasteiger partial charge in [-0.25, -0.2) is 13.4 Å². The molecule has 1 aromatic heterocycles. The van der Waals surface area contributed by atoms with Crippen molar-refractivity contribution in [1.82, 2.24) is 4.98 Å². The van der Waals surface area contributed by atoms with Gasteiger partial charge < -0.3 is 0 Å². The highest BCUT2D eigenvalue weighted by atomic mass is 35.5. The summed E-state index contributed by atoms with van der Waals surface area (Å²) in [5.41, 5.74) is 2.40. The van der Waals surface area contributed by atoms with Crippen LogP contribution in [0.15, 0.2) is 47.5 Å². The van der Waals surface area contributed by atoms with Gasteiger partial charge in [0.25, 0.3) is 10.0 Å². The van der Waals surface area contributed by atoms with Crippen molar-refractivity contribution >= 4 is 33.4 Å². The first-order valence-electron chi connectivity index (χ1n) is 6.48. The zero-order valence-electron chi connectivity index (χ0n) is 11.1. The molecule has 0 unspecified atom stereocenters. The number of hydrogen-bond donors (Lipinski definition) is 1. The van der Waals surface area contributed by atoms with E-state index in [1.54, 1.807) is 18.2 Å². The number of rotatable bonds is 3. The van der Waals surface area contributed by atoms with Crippen LogP contribution < -0.4 is 4.72 Å². The second-order valence-corrected chi connectivity index (χ2v) is 6.85. The summed E-state index contributed by atoms with van der Waals surface area (Å²) in [6.45, 7) is 0. The molecule has 108 valence electrons. The van der Waals surface area contributed by atoms with Crippen molar-refractivity contribution in [3.05, 3.63) is 63.8 Å². The summed E-state index contributed by atoms with van der Waals surface area (Å²) < 4.78 is 27.4. The van der Waals surface area contributed by atoms with E-state index >= 15 is 0 Å². The second-order valence-electron chi connectivity index (χ2n) is 4.76. The zero-order valence-corrected chi connectivity index (χ0v) is 12.7. The largest absolute Gasteiger partial charge is 0.277 e. The summed E-state index contributed by atoms with van der Waals surface area (Å²) >= 11 is 5.89. The number of hydrogen-bond acceptors (Lipinski definition) is 3. The predicted octanol–water partition coefficient (Wildman–Crippen LogP) is 3.46. The smallest absolute Gasteiger partial charge is 0.258 e. The first-order valence-corrected chi connectivity index (χ1v) is 8.34. The van der Waals surface area contributed by atoms with Gasteiger partial charge in [0.05, 0.1) is 10.6 Å². The minimum absolute atomic E-state index is 0.137. The zero-order chi connectivity index (χ0) is 14.9. The van der Waals surface area contributed by atoms with E-state index in [-0.39, 0.29) is 5.15 Å². The van der Waals surface area contributed by atoms with E-state index in [1.165, 1.54) is 6.20 Å². The normalized spacial score (nSPS) is 14.2. The topological polar surface area (TPSA) is 59.1 Å². The Labute approximate surface area is 128 Å². The Morgan fingerprint density at radius 2 is 1.90 bits per heavy atom. The molecule has 1 aromatic carbocycles. The molecule has 0 aliphatic heterocycles. The fourth-order valence-electron chi connectivity index (χ4n) is 2.29. The number of halogens is 1. The molecule has 2 aromatic rings. The van der Waals surface area contributed by atoms with Gasteiger partial charge in [0, 0.05) is 6.20 Å². The third-order valence-corrected chi connectivity index (χ3v) is 5.16. The minimum Gasteiger partial charge on any atom is -0.277 e. The van der Waals surface area contributed by atoms with Gasteiger partial charge >= 0.3 is 0 Å². The number of pyridine rings is 1. The minimum atomic E-state index is -3.61. The number of fused-ring (bicyclic) bond motifs is 1. The molecule has 1 aliphatic carbocycles. The van der Waals surface area contributed by atoms with Crippen LogP contribution in [0.5, 0.6) is 0 Å². The van der Waals surface area contributed by atoms with Crippen molar-refractivity contribution < 1.29 is 8.42 Å². The molecule has 0 bridgehead atoms. The highest BCUT2D eigenvalue weighted by molar-refractivity contribution is 7.96.